The van der Waals surface area contributed by atoms with Crippen molar-refractivity contribution >= 4 is 5.97 Å². The van der Waals surface area contributed by atoms with Crippen molar-refractivity contribution in [3.63, 3.8) is 0 Å². The summed E-state index contributed by atoms with van der Waals surface area (Å²) in [5.41, 5.74) is -4.46. The lowest BCUT2D eigenvalue weighted by molar-refractivity contribution is -0.342. The lowest BCUT2D eigenvalue weighted by Gasteiger charge is -2.68. The monoisotopic (exact) mass is 584 g/mol. The highest BCUT2D eigenvalue weighted by molar-refractivity contribution is 5.85. The maximum Gasteiger partial charge on any atom is 0.331 e. The molecule has 41 heavy (non-hydrogen) atoms. The second-order valence-electron chi connectivity index (χ2n) is 13.8. The lowest BCUT2D eigenvalue weighted by atomic mass is 9.40. The second-order valence-corrected chi connectivity index (χ2v) is 13.8. The highest BCUT2D eigenvalue weighted by Crippen LogP contribution is 2.70. The van der Waals surface area contributed by atoms with Gasteiger partial charge in [-0.2, -0.15) is 0 Å². The maximum absolute atomic E-state index is 12.4. The fourth-order valence-corrected chi connectivity index (χ4v) is 10.1. The number of aliphatic hydroxyl groups excluding tert-OH is 6. The highest BCUT2D eigenvalue weighted by atomic mass is 16.7. The molecule has 0 spiro atoms. The van der Waals surface area contributed by atoms with Gasteiger partial charge >= 0.3 is 5.97 Å². The van der Waals surface area contributed by atoms with E-state index < -0.39 is 95.5 Å². The van der Waals surface area contributed by atoms with E-state index in [1.165, 1.54) is 13.0 Å². The first-order valence-corrected chi connectivity index (χ1v) is 14.9. The number of rotatable bonds is 4. The second kappa shape index (κ2) is 9.91. The standard InChI is InChI=1S/C29H44O12/c1-13-22(34)23(35)24(36)25(40-13)41-15-8-19(32)28(12-30)21-17(3-5-27(28,37)9-15)29(38)6-4-16(14-7-20(33)39-11-14)26(29,2)10-18(21)31/h7,13,15-19,21-25,30-32,34-38H,3-6,8-12H2,1-2H3/t13-,15?,16+,17+,18+,19?,21+,22-,23+,24+,25-,26+,27?,28+,29-/m0/s1. The maximum atomic E-state index is 12.4. The summed E-state index contributed by atoms with van der Waals surface area (Å²) in [5.74, 6) is -1.93. The molecular weight excluding hydrogens is 540 g/mol. The number of carbonyl (C=O) groups is 1. The number of hydrogen-bond acceptors (Lipinski definition) is 12. The summed E-state index contributed by atoms with van der Waals surface area (Å²) in [5, 5.41) is 89.6. The Morgan fingerprint density at radius 3 is 2.41 bits per heavy atom. The first kappa shape index (κ1) is 29.9. The van der Waals surface area contributed by atoms with E-state index in [2.05, 4.69) is 0 Å². The fraction of sp³-hybridized carbons (Fsp3) is 0.897. The average molecular weight is 585 g/mol. The van der Waals surface area contributed by atoms with Gasteiger partial charge in [-0.15, -0.1) is 0 Å². The van der Waals surface area contributed by atoms with Crippen LogP contribution in [-0.2, 0) is 19.0 Å². The molecule has 12 nitrogen and oxygen atoms in total. The van der Waals surface area contributed by atoms with Gasteiger partial charge in [0.25, 0.3) is 0 Å². The molecule has 0 amide bonds. The number of hydrogen-bond donors (Lipinski definition) is 8. The molecule has 4 saturated carbocycles. The van der Waals surface area contributed by atoms with Crippen LogP contribution in [0.2, 0.25) is 0 Å². The molecule has 0 aromatic rings. The molecule has 0 aromatic heterocycles. The quantitative estimate of drug-likeness (QED) is 0.140. The Morgan fingerprint density at radius 1 is 1.02 bits per heavy atom. The van der Waals surface area contributed by atoms with Crippen molar-refractivity contribution in [2.24, 2.45) is 28.6 Å². The molecule has 5 fully saturated rings. The van der Waals surface area contributed by atoms with E-state index >= 15 is 0 Å². The molecule has 2 heterocycles. The minimum atomic E-state index is -1.67. The smallest absolute Gasteiger partial charge is 0.331 e. The normalized spacial score (nSPS) is 56.9. The predicted molar refractivity (Wildman–Crippen MR) is 139 cm³/mol. The summed E-state index contributed by atoms with van der Waals surface area (Å²) in [4.78, 5) is 11.8. The van der Waals surface area contributed by atoms with E-state index in [0.717, 1.165) is 5.57 Å². The number of fused-ring (bicyclic) bond motifs is 5. The van der Waals surface area contributed by atoms with Gasteiger partial charge in [-0.3, -0.25) is 0 Å². The predicted octanol–water partition coefficient (Wildman–Crippen LogP) is -1.51. The fourth-order valence-electron chi connectivity index (χ4n) is 10.1. The number of ether oxygens (including phenoxy) is 3. The van der Waals surface area contributed by atoms with E-state index in [1.807, 2.05) is 6.92 Å². The van der Waals surface area contributed by atoms with Crippen LogP contribution in [-0.4, -0.2) is 120 Å². The Kier molecular flexibility index (Phi) is 7.22. The third-order valence-corrected chi connectivity index (χ3v) is 12.2. The Morgan fingerprint density at radius 2 is 1.76 bits per heavy atom. The van der Waals surface area contributed by atoms with Crippen molar-refractivity contribution < 1.29 is 59.9 Å². The first-order chi connectivity index (χ1) is 19.2. The van der Waals surface area contributed by atoms with Crippen molar-refractivity contribution in [3.05, 3.63) is 11.6 Å². The van der Waals surface area contributed by atoms with Gasteiger partial charge in [0, 0.05) is 30.3 Å². The zero-order chi connectivity index (χ0) is 29.7. The molecule has 0 radical (unpaired) electrons. The van der Waals surface area contributed by atoms with E-state index in [0.29, 0.717) is 19.3 Å². The zero-order valence-corrected chi connectivity index (χ0v) is 23.5. The van der Waals surface area contributed by atoms with Gasteiger partial charge in [-0.05, 0) is 56.4 Å². The molecule has 1 saturated heterocycles. The number of cyclic esters (lactones) is 1. The van der Waals surface area contributed by atoms with Gasteiger partial charge in [-0.25, -0.2) is 4.79 Å². The van der Waals surface area contributed by atoms with E-state index in [1.54, 1.807) is 0 Å². The van der Waals surface area contributed by atoms with Crippen LogP contribution in [0.4, 0.5) is 0 Å². The van der Waals surface area contributed by atoms with E-state index in [9.17, 15) is 45.6 Å². The Labute approximate surface area is 238 Å². The number of carbonyl (C=O) groups excluding carboxylic acids is 1. The third kappa shape index (κ3) is 3.99. The van der Waals surface area contributed by atoms with Crippen LogP contribution in [0.3, 0.4) is 0 Å². The Balaban J connectivity index is 1.28. The van der Waals surface area contributed by atoms with Gasteiger partial charge < -0.3 is 55.1 Å². The lowest BCUT2D eigenvalue weighted by Crippen LogP contribution is -2.76. The van der Waals surface area contributed by atoms with Crippen LogP contribution < -0.4 is 0 Å². The van der Waals surface area contributed by atoms with E-state index in [-0.39, 0.29) is 38.2 Å². The van der Waals surface area contributed by atoms with Crippen LogP contribution in [0.5, 0.6) is 0 Å². The summed E-state index contributed by atoms with van der Waals surface area (Å²) < 4.78 is 16.7. The van der Waals surface area contributed by atoms with Gasteiger partial charge in [0.2, 0.25) is 0 Å². The van der Waals surface area contributed by atoms with Crippen LogP contribution >= 0.6 is 0 Å². The summed E-state index contributed by atoms with van der Waals surface area (Å²) in [6.07, 6.45) is -6.68. The number of esters is 1. The Hall–Kier alpha value is -1.19. The van der Waals surface area contributed by atoms with Gasteiger partial charge in [0.05, 0.1) is 47.6 Å². The van der Waals surface area contributed by atoms with Crippen LogP contribution in [0.1, 0.15) is 58.8 Å². The van der Waals surface area contributed by atoms with E-state index in [4.69, 9.17) is 14.2 Å². The molecule has 6 rings (SSSR count). The molecule has 6 aliphatic rings. The third-order valence-electron chi connectivity index (χ3n) is 12.2. The molecule has 15 atom stereocenters. The molecule has 12 heteroatoms. The first-order valence-electron chi connectivity index (χ1n) is 14.9. The molecule has 0 bridgehead atoms. The van der Waals surface area contributed by atoms with Gasteiger partial charge in [0.1, 0.15) is 24.9 Å². The molecule has 8 N–H and O–H groups in total. The van der Waals surface area contributed by atoms with Gasteiger partial charge in [0.15, 0.2) is 6.29 Å². The molecule has 0 aromatic carbocycles. The summed E-state index contributed by atoms with van der Waals surface area (Å²) >= 11 is 0. The van der Waals surface area contributed by atoms with Crippen molar-refractivity contribution in [2.45, 2.75) is 119 Å². The number of aliphatic hydroxyl groups is 8. The minimum Gasteiger partial charge on any atom is -0.458 e. The summed E-state index contributed by atoms with van der Waals surface area (Å²) in [6.45, 7) is 3.00. The molecular formula is C29H44O12. The summed E-state index contributed by atoms with van der Waals surface area (Å²) in [7, 11) is 0. The topological polar surface area (TPSA) is 207 Å². The Bertz CT molecular complexity index is 1080. The zero-order valence-electron chi connectivity index (χ0n) is 23.5. The van der Waals surface area contributed by atoms with Crippen LogP contribution in [0.25, 0.3) is 0 Å². The molecule has 232 valence electrons. The molecule has 3 unspecified atom stereocenters. The van der Waals surface area contributed by atoms with Crippen LogP contribution in [0.15, 0.2) is 11.6 Å². The SMILES string of the molecule is C[C@@H]1O[C@@H](OC2CC(O)[C@]3(CO)[C@H]4[C@H](O)C[C@]5(C)[C@@H](C6=CC(=O)OC6)CC[C@]5(O)[C@@H]4CCC3(O)C2)[C@H](O)[C@H](O)[C@H]1O. The average Bonchev–Trinajstić information content (AvgIpc) is 3.45. The minimum absolute atomic E-state index is 0.0369. The largest absolute Gasteiger partial charge is 0.458 e. The van der Waals surface area contributed by atoms with Crippen molar-refractivity contribution in [1.29, 1.82) is 0 Å². The van der Waals surface area contributed by atoms with Gasteiger partial charge in [-0.1, -0.05) is 6.92 Å². The van der Waals surface area contributed by atoms with Crippen LogP contribution in [0, 0.1) is 28.6 Å². The molecule has 2 aliphatic heterocycles. The van der Waals surface area contributed by atoms with Crippen molar-refractivity contribution in [2.75, 3.05) is 13.2 Å². The highest BCUT2D eigenvalue weighted by Gasteiger charge is 2.75. The molecule has 4 aliphatic carbocycles. The summed E-state index contributed by atoms with van der Waals surface area (Å²) in [6, 6.07) is 0. The van der Waals surface area contributed by atoms with Crippen molar-refractivity contribution in [1.82, 2.24) is 0 Å². The van der Waals surface area contributed by atoms with Crippen molar-refractivity contribution in [3.8, 4) is 0 Å².